The van der Waals surface area contributed by atoms with E-state index in [9.17, 15) is 8.42 Å². The molecule has 0 saturated heterocycles. The van der Waals surface area contributed by atoms with Gasteiger partial charge in [0.2, 0.25) is 0 Å². The van der Waals surface area contributed by atoms with E-state index < -0.39 is 9.84 Å². The summed E-state index contributed by atoms with van der Waals surface area (Å²) in [6.07, 6.45) is 5.32. The first kappa shape index (κ1) is 13.6. The molecular weight excluding hydrogens is 244 g/mol. The molecule has 1 aliphatic carbocycles. The van der Waals surface area contributed by atoms with Gasteiger partial charge in [-0.05, 0) is 42.4 Å². The molecule has 2 nitrogen and oxygen atoms in total. The molecule has 1 fully saturated rings. The van der Waals surface area contributed by atoms with E-state index in [0.717, 1.165) is 5.92 Å². The lowest BCUT2D eigenvalue weighted by atomic mass is 9.87. The summed E-state index contributed by atoms with van der Waals surface area (Å²) in [4.78, 5) is 0.451. The third-order valence-electron chi connectivity index (χ3n) is 4.25. The molecule has 1 aromatic carbocycles. The Morgan fingerprint density at radius 2 is 1.72 bits per heavy atom. The third-order valence-corrected chi connectivity index (χ3v) is 6.00. The van der Waals surface area contributed by atoms with Crippen molar-refractivity contribution >= 4 is 9.84 Å². The molecule has 1 aliphatic rings. The van der Waals surface area contributed by atoms with Crippen LogP contribution in [0.4, 0.5) is 0 Å². The molecule has 0 aliphatic heterocycles. The van der Waals surface area contributed by atoms with E-state index in [0.29, 0.717) is 10.8 Å². The first-order valence-corrected chi connectivity index (χ1v) is 8.52. The SMILES string of the molecule is CCS(=O)(=O)c1ccc(C(C)C2CCCC2)cc1. The van der Waals surface area contributed by atoms with Crippen molar-refractivity contribution in [2.45, 2.75) is 50.3 Å². The van der Waals surface area contributed by atoms with Gasteiger partial charge in [0.25, 0.3) is 0 Å². The van der Waals surface area contributed by atoms with E-state index in [-0.39, 0.29) is 5.75 Å². The minimum absolute atomic E-state index is 0.171. The maximum absolute atomic E-state index is 11.7. The highest BCUT2D eigenvalue weighted by molar-refractivity contribution is 7.91. The van der Waals surface area contributed by atoms with Gasteiger partial charge in [-0.25, -0.2) is 8.42 Å². The van der Waals surface area contributed by atoms with Gasteiger partial charge in [0.15, 0.2) is 9.84 Å². The van der Waals surface area contributed by atoms with Crippen LogP contribution in [0, 0.1) is 5.92 Å². The van der Waals surface area contributed by atoms with E-state index in [1.807, 2.05) is 12.1 Å². The number of benzene rings is 1. The quantitative estimate of drug-likeness (QED) is 0.831. The Morgan fingerprint density at radius 1 is 1.17 bits per heavy atom. The van der Waals surface area contributed by atoms with Crippen LogP contribution in [0.3, 0.4) is 0 Å². The molecule has 0 radical (unpaired) electrons. The van der Waals surface area contributed by atoms with Gasteiger partial charge in [-0.1, -0.05) is 38.8 Å². The second-order valence-corrected chi connectivity index (χ2v) is 7.58. The lowest BCUT2D eigenvalue weighted by molar-refractivity contribution is 0.461. The smallest absolute Gasteiger partial charge is 0.178 e. The number of hydrogen-bond acceptors (Lipinski definition) is 2. The Balaban J connectivity index is 2.17. The Bertz CT molecular complexity index is 482. The fourth-order valence-electron chi connectivity index (χ4n) is 2.87. The van der Waals surface area contributed by atoms with Gasteiger partial charge in [-0.3, -0.25) is 0 Å². The molecule has 0 heterocycles. The predicted octanol–water partition coefficient (Wildman–Crippen LogP) is 3.77. The van der Waals surface area contributed by atoms with Crippen molar-refractivity contribution in [1.82, 2.24) is 0 Å². The summed E-state index contributed by atoms with van der Waals surface area (Å²) in [7, 11) is -3.06. The molecule has 18 heavy (non-hydrogen) atoms. The Hall–Kier alpha value is -0.830. The van der Waals surface area contributed by atoms with Crippen molar-refractivity contribution in [3.63, 3.8) is 0 Å². The van der Waals surface area contributed by atoms with Gasteiger partial charge in [0.05, 0.1) is 10.6 Å². The lowest BCUT2D eigenvalue weighted by Gasteiger charge is -2.19. The molecule has 0 N–H and O–H groups in total. The summed E-state index contributed by atoms with van der Waals surface area (Å²) < 4.78 is 23.5. The van der Waals surface area contributed by atoms with Crippen LogP contribution in [0.15, 0.2) is 29.2 Å². The summed E-state index contributed by atoms with van der Waals surface area (Å²) in [6.45, 7) is 3.95. The third kappa shape index (κ3) is 2.77. The molecule has 1 atom stereocenters. The first-order valence-electron chi connectivity index (χ1n) is 6.87. The van der Waals surface area contributed by atoms with Gasteiger partial charge in [-0.15, -0.1) is 0 Å². The van der Waals surface area contributed by atoms with E-state index >= 15 is 0 Å². The normalized spacial score (nSPS) is 19.0. The molecule has 1 saturated carbocycles. The molecule has 1 aromatic rings. The zero-order chi connectivity index (χ0) is 13.2. The van der Waals surface area contributed by atoms with Gasteiger partial charge in [0.1, 0.15) is 0 Å². The zero-order valence-corrected chi connectivity index (χ0v) is 12.0. The highest BCUT2D eigenvalue weighted by atomic mass is 32.2. The molecule has 1 unspecified atom stereocenters. The van der Waals surface area contributed by atoms with Gasteiger partial charge in [-0.2, -0.15) is 0 Å². The summed E-state index contributed by atoms with van der Waals surface area (Å²) in [5, 5.41) is 0. The molecule has 2 rings (SSSR count). The Labute approximate surface area is 110 Å². The molecule has 0 bridgehead atoms. The van der Waals surface area contributed by atoms with Crippen LogP contribution < -0.4 is 0 Å². The van der Waals surface area contributed by atoms with Crippen molar-refractivity contribution in [1.29, 1.82) is 0 Å². The van der Waals surface area contributed by atoms with E-state index in [1.165, 1.54) is 31.2 Å². The molecule has 3 heteroatoms. The topological polar surface area (TPSA) is 34.1 Å². The molecule has 0 amide bonds. The van der Waals surface area contributed by atoms with Crippen LogP contribution in [-0.4, -0.2) is 14.2 Å². The van der Waals surface area contributed by atoms with Gasteiger partial charge < -0.3 is 0 Å². The van der Waals surface area contributed by atoms with Crippen LogP contribution >= 0.6 is 0 Å². The molecular formula is C15H22O2S. The monoisotopic (exact) mass is 266 g/mol. The maximum Gasteiger partial charge on any atom is 0.178 e. The van der Waals surface area contributed by atoms with Gasteiger partial charge >= 0.3 is 0 Å². The van der Waals surface area contributed by atoms with Gasteiger partial charge in [0, 0.05) is 0 Å². The van der Waals surface area contributed by atoms with Crippen molar-refractivity contribution in [3.05, 3.63) is 29.8 Å². The lowest BCUT2D eigenvalue weighted by Crippen LogP contribution is -2.07. The predicted molar refractivity (Wildman–Crippen MR) is 74.5 cm³/mol. The van der Waals surface area contributed by atoms with Crippen LogP contribution in [0.5, 0.6) is 0 Å². The van der Waals surface area contributed by atoms with Crippen molar-refractivity contribution in [2.24, 2.45) is 5.92 Å². The fourth-order valence-corrected chi connectivity index (χ4v) is 3.76. The standard InChI is InChI=1S/C15H22O2S/c1-3-18(16,17)15-10-8-14(9-11-15)12(2)13-6-4-5-7-13/h8-13H,3-7H2,1-2H3. The Morgan fingerprint density at radius 3 is 2.22 bits per heavy atom. The van der Waals surface area contributed by atoms with Crippen molar-refractivity contribution in [2.75, 3.05) is 5.75 Å². The molecule has 100 valence electrons. The minimum atomic E-state index is -3.06. The van der Waals surface area contributed by atoms with E-state index in [2.05, 4.69) is 6.92 Å². The summed E-state index contributed by atoms with van der Waals surface area (Å²) in [6, 6.07) is 7.51. The summed E-state index contributed by atoms with van der Waals surface area (Å²) in [5.41, 5.74) is 1.27. The number of sulfone groups is 1. The van der Waals surface area contributed by atoms with E-state index in [1.54, 1.807) is 19.1 Å². The van der Waals surface area contributed by atoms with Crippen molar-refractivity contribution < 1.29 is 8.42 Å². The fraction of sp³-hybridized carbons (Fsp3) is 0.600. The largest absolute Gasteiger partial charge is 0.224 e. The maximum atomic E-state index is 11.7. The minimum Gasteiger partial charge on any atom is -0.224 e. The van der Waals surface area contributed by atoms with E-state index in [4.69, 9.17) is 0 Å². The van der Waals surface area contributed by atoms with Crippen LogP contribution in [0.1, 0.15) is 51.0 Å². The average molecular weight is 266 g/mol. The van der Waals surface area contributed by atoms with Crippen LogP contribution in [-0.2, 0) is 9.84 Å². The number of rotatable bonds is 4. The van der Waals surface area contributed by atoms with Crippen LogP contribution in [0.25, 0.3) is 0 Å². The number of hydrogen-bond donors (Lipinski definition) is 0. The second kappa shape index (κ2) is 5.43. The van der Waals surface area contributed by atoms with Crippen molar-refractivity contribution in [3.8, 4) is 0 Å². The highest BCUT2D eigenvalue weighted by Crippen LogP contribution is 2.37. The zero-order valence-electron chi connectivity index (χ0n) is 11.2. The summed E-state index contributed by atoms with van der Waals surface area (Å²) in [5.74, 6) is 1.49. The molecule has 0 spiro atoms. The average Bonchev–Trinajstić information content (AvgIpc) is 2.92. The van der Waals surface area contributed by atoms with Crippen LogP contribution in [0.2, 0.25) is 0 Å². The highest BCUT2D eigenvalue weighted by Gasteiger charge is 2.23. The Kier molecular flexibility index (Phi) is 4.10. The summed E-state index contributed by atoms with van der Waals surface area (Å²) >= 11 is 0. The molecule has 0 aromatic heterocycles. The first-order chi connectivity index (χ1) is 8.54. The second-order valence-electron chi connectivity index (χ2n) is 5.31.